The number of hydrogen-bond donors (Lipinski definition) is 3. The van der Waals surface area contributed by atoms with E-state index in [-0.39, 0.29) is 30.3 Å². The quantitative estimate of drug-likeness (QED) is 0.558. The average molecular weight is 358 g/mol. The van der Waals surface area contributed by atoms with Crippen molar-refractivity contribution in [2.24, 2.45) is 5.73 Å². The van der Waals surface area contributed by atoms with Crippen LogP contribution in [0.3, 0.4) is 0 Å². The SMILES string of the molecule is CCOc1ccc(C(C)NC(=O)CCCNC(=O)CCN)cc1.Cl. The Labute approximate surface area is 149 Å². The highest BCUT2D eigenvalue weighted by atomic mass is 35.5. The highest BCUT2D eigenvalue weighted by molar-refractivity contribution is 5.85. The zero-order valence-corrected chi connectivity index (χ0v) is 15.2. The fourth-order valence-corrected chi connectivity index (χ4v) is 2.11. The molecule has 0 spiro atoms. The summed E-state index contributed by atoms with van der Waals surface area (Å²) in [6.45, 7) is 5.34. The van der Waals surface area contributed by atoms with E-state index in [0.29, 0.717) is 39.0 Å². The number of hydrogen-bond acceptors (Lipinski definition) is 4. The molecule has 0 fully saturated rings. The Morgan fingerprint density at radius 2 is 1.83 bits per heavy atom. The monoisotopic (exact) mass is 357 g/mol. The molecule has 136 valence electrons. The maximum absolute atomic E-state index is 11.9. The van der Waals surface area contributed by atoms with Crippen molar-refractivity contribution in [2.75, 3.05) is 19.7 Å². The first-order chi connectivity index (χ1) is 11.1. The van der Waals surface area contributed by atoms with Gasteiger partial charge in [0.1, 0.15) is 5.75 Å². The van der Waals surface area contributed by atoms with Crippen molar-refractivity contribution in [3.63, 3.8) is 0 Å². The molecule has 0 aliphatic carbocycles. The summed E-state index contributed by atoms with van der Waals surface area (Å²) < 4.78 is 5.39. The maximum atomic E-state index is 11.9. The van der Waals surface area contributed by atoms with Gasteiger partial charge < -0.3 is 21.1 Å². The van der Waals surface area contributed by atoms with Gasteiger partial charge in [-0.05, 0) is 38.0 Å². The van der Waals surface area contributed by atoms with E-state index in [4.69, 9.17) is 10.5 Å². The third kappa shape index (κ3) is 8.74. The fraction of sp³-hybridized carbons (Fsp3) is 0.529. The predicted molar refractivity (Wildman–Crippen MR) is 97.3 cm³/mol. The second-order valence-electron chi connectivity index (χ2n) is 5.28. The Kier molecular flexibility index (Phi) is 11.7. The van der Waals surface area contributed by atoms with Gasteiger partial charge in [-0.3, -0.25) is 9.59 Å². The molecule has 1 unspecified atom stereocenters. The summed E-state index contributed by atoms with van der Waals surface area (Å²) in [4.78, 5) is 23.1. The molecule has 0 saturated heterocycles. The normalized spacial score (nSPS) is 11.1. The third-order valence-electron chi connectivity index (χ3n) is 3.34. The number of nitrogens with one attached hydrogen (secondary N) is 2. The molecule has 7 heteroatoms. The molecule has 2 amide bonds. The molecule has 1 aromatic carbocycles. The van der Waals surface area contributed by atoms with E-state index in [9.17, 15) is 9.59 Å². The van der Waals surface area contributed by atoms with E-state index in [2.05, 4.69) is 10.6 Å². The number of amides is 2. The lowest BCUT2D eigenvalue weighted by Gasteiger charge is -2.15. The smallest absolute Gasteiger partial charge is 0.221 e. The minimum Gasteiger partial charge on any atom is -0.494 e. The maximum Gasteiger partial charge on any atom is 0.221 e. The lowest BCUT2D eigenvalue weighted by Crippen LogP contribution is -2.29. The van der Waals surface area contributed by atoms with Crippen LogP contribution in [-0.4, -0.2) is 31.5 Å². The van der Waals surface area contributed by atoms with Crippen molar-refractivity contribution in [3.8, 4) is 5.75 Å². The predicted octanol–water partition coefficient (Wildman–Crippen LogP) is 1.93. The van der Waals surface area contributed by atoms with Gasteiger partial charge in [-0.2, -0.15) is 0 Å². The summed E-state index contributed by atoms with van der Waals surface area (Å²) in [5.41, 5.74) is 6.31. The summed E-state index contributed by atoms with van der Waals surface area (Å²) >= 11 is 0. The van der Waals surface area contributed by atoms with Crippen LogP contribution in [0.4, 0.5) is 0 Å². The topological polar surface area (TPSA) is 93.5 Å². The van der Waals surface area contributed by atoms with Gasteiger partial charge in [-0.15, -0.1) is 12.4 Å². The van der Waals surface area contributed by atoms with Crippen molar-refractivity contribution in [1.29, 1.82) is 0 Å². The van der Waals surface area contributed by atoms with Gasteiger partial charge in [0.2, 0.25) is 11.8 Å². The van der Waals surface area contributed by atoms with Crippen molar-refractivity contribution in [2.45, 2.75) is 39.2 Å². The summed E-state index contributed by atoms with van der Waals surface area (Å²) in [6, 6.07) is 7.62. The average Bonchev–Trinajstić information content (AvgIpc) is 2.53. The van der Waals surface area contributed by atoms with Crippen LogP contribution in [0.15, 0.2) is 24.3 Å². The molecule has 1 rings (SSSR count). The zero-order chi connectivity index (χ0) is 17.1. The molecule has 1 aromatic rings. The number of carbonyl (C=O) groups excluding carboxylic acids is 2. The second-order valence-corrected chi connectivity index (χ2v) is 5.28. The largest absolute Gasteiger partial charge is 0.494 e. The van der Waals surface area contributed by atoms with Gasteiger partial charge in [0.15, 0.2) is 0 Å². The molecular weight excluding hydrogens is 330 g/mol. The number of nitrogens with two attached hydrogens (primary N) is 1. The van der Waals surface area contributed by atoms with Crippen LogP contribution in [0.2, 0.25) is 0 Å². The Bertz CT molecular complexity index is 494. The number of benzene rings is 1. The van der Waals surface area contributed by atoms with Crippen LogP contribution in [0.1, 0.15) is 44.7 Å². The Hall–Kier alpha value is -1.79. The molecule has 0 radical (unpaired) electrons. The first kappa shape index (κ1) is 22.2. The minimum atomic E-state index is -0.0735. The first-order valence-corrected chi connectivity index (χ1v) is 8.05. The van der Waals surface area contributed by atoms with Gasteiger partial charge in [0.05, 0.1) is 12.6 Å². The summed E-state index contributed by atoms with van der Waals surface area (Å²) in [7, 11) is 0. The van der Waals surface area contributed by atoms with E-state index in [1.54, 1.807) is 0 Å². The number of rotatable bonds is 10. The van der Waals surface area contributed by atoms with Crippen molar-refractivity contribution < 1.29 is 14.3 Å². The zero-order valence-electron chi connectivity index (χ0n) is 14.3. The van der Waals surface area contributed by atoms with Gasteiger partial charge in [0, 0.05) is 25.9 Å². The Balaban J connectivity index is 0.00000529. The van der Waals surface area contributed by atoms with Crippen molar-refractivity contribution in [1.82, 2.24) is 10.6 Å². The molecule has 6 nitrogen and oxygen atoms in total. The number of halogens is 1. The fourth-order valence-electron chi connectivity index (χ4n) is 2.11. The Morgan fingerprint density at radius 1 is 1.17 bits per heavy atom. The van der Waals surface area contributed by atoms with Gasteiger partial charge in [-0.25, -0.2) is 0 Å². The lowest BCUT2D eigenvalue weighted by molar-refractivity contribution is -0.123. The molecule has 0 aromatic heterocycles. The first-order valence-electron chi connectivity index (χ1n) is 8.05. The van der Waals surface area contributed by atoms with Crippen LogP contribution in [0.5, 0.6) is 5.75 Å². The van der Waals surface area contributed by atoms with E-state index in [0.717, 1.165) is 11.3 Å². The molecule has 0 aliphatic heterocycles. The van der Waals surface area contributed by atoms with E-state index >= 15 is 0 Å². The molecule has 0 heterocycles. The molecular formula is C17H28ClN3O3. The molecule has 24 heavy (non-hydrogen) atoms. The molecule has 0 saturated carbocycles. The van der Waals surface area contributed by atoms with Crippen LogP contribution < -0.4 is 21.1 Å². The lowest BCUT2D eigenvalue weighted by atomic mass is 10.1. The van der Waals surface area contributed by atoms with Gasteiger partial charge in [0.25, 0.3) is 0 Å². The molecule has 4 N–H and O–H groups in total. The molecule has 1 atom stereocenters. The Morgan fingerprint density at radius 3 is 2.42 bits per heavy atom. The second kappa shape index (κ2) is 12.6. The van der Waals surface area contributed by atoms with Crippen LogP contribution >= 0.6 is 12.4 Å². The number of carbonyl (C=O) groups is 2. The number of ether oxygens (including phenoxy) is 1. The van der Waals surface area contributed by atoms with Crippen molar-refractivity contribution in [3.05, 3.63) is 29.8 Å². The third-order valence-corrected chi connectivity index (χ3v) is 3.34. The molecule has 0 aliphatic rings. The van der Waals surface area contributed by atoms with Gasteiger partial charge >= 0.3 is 0 Å². The van der Waals surface area contributed by atoms with E-state index < -0.39 is 0 Å². The highest BCUT2D eigenvalue weighted by Gasteiger charge is 2.09. The summed E-state index contributed by atoms with van der Waals surface area (Å²) in [5.74, 6) is 0.720. The highest BCUT2D eigenvalue weighted by Crippen LogP contribution is 2.17. The van der Waals surface area contributed by atoms with Crippen LogP contribution in [0.25, 0.3) is 0 Å². The van der Waals surface area contributed by atoms with Crippen LogP contribution in [0, 0.1) is 0 Å². The van der Waals surface area contributed by atoms with E-state index in [1.807, 2.05) is 38.1 Å². The van der Waals surface area contributed by atoms with Crippen molar-refractivity contribution >= 4 is 24.2 Å². The summed E-state index contributed by atoms with van der Waals surface area (Å²) in [6.07, 6.45) is 1.31. The van der Waals surface area contributed by atoms with E-state index in [1.165, 1.54) is 0 Å². The summed E-state index contributed by atoms with van der Waals surface area (Å²) in [5, 5.41) is 5.68. The molecule has 0 bridgehead atoms. The standard InChI is InChI=1S/C17H27N3O3.ClH/c1-3-23-15-8-6-14(7-9-15)13(2)20-17(22)5-4-12-19-16(21)10-11-18;/h6-9,13H,3-5,10-12,18H2,1-2H3,(H,19,21)(H,20,22);1H. The van der Waals surface area contributed by atoms with Gasteiger partial charge in [-0.1, -0.05) is 12.1 Å². The van der Waals surface area contributed by atoms with Crippen LogP contribution in [-0.2, 0) is 9.59 Å². The minimum absolute atomic E-state index is 0.